The van der Waals surface area contributed by atoms with Gasteiger partial charge in [0, 0.05) is 36.0 Å². The van der Waals surface area contributed by atoms with E-state index in [4.69, 9.17) is 11.6 Å². The van der Waals surface area contributed by atoms with Crippen molar-refractivity contribution in [2.24, 2.45) is 4.99 Å². The average Bonchev–Trinajstić information content (AvgIpc) is 2.58. The van der Waals surface area contributed by atoms with Crippen LogP contribution in [0.15, 0.2) is 35.3 Å². The Morgan fingerprint density at radius 2 is 2.12 bits per heavy atom. The zero-order valence-electron chi connectivity index (χ0n) is 14.3. The summed E-state index contributed by atoms with van der Waals surface area (Å²) in [6.45, 7) is 3.47. The molecule has 2 aromatic rings. The molecule has 0 unspecified atom stereocenters. The minimum Gasteiger partial charge on any atom is -0.507 e. The van der Waals surface area contributed by atoms with Crippen molar-refractivity contribution in [2.45, 2.75) is 26.7 Å². The van der Waals surface area contributed by atoms with Crippen LogP contribution in [0.25, 0.3) is 0 Å². The first-order chi connectivity index (χ1) is 12.3. The number of nitrogens with one attached hydrogen (secondary N) is 1. The average molecular weight is 376 g/mol. The highest BCUT2D eigenvalue weighted by atomic mass is 35.5. The van der Waals surface area contributed by atoms with Gasteiger partial charge < -0.3 is 10.4 Å². The molecule has 0 fully saturated rings. The van der Waals surface area contributed by atoms with Gasteiger partial charge in [0.05, 0.1) is 15.6 Å². The minimum atomic E-state index is -0.541. The molecule has 0 aliphatic rings. The number of amides is 1. The number of non-ortho nitro benzene ring substituents is 1. The van der Waals surface area contributed by atoms with Crippen molar-refractivity contribution in [1.82, 2.24) is 0 Å². The number of nitro groups is 1. The highest BCUT2D eigenvalue weighted by Gasteiger charge is 2.13. The molecule has 0 aliphatic carbocycles. The van der Waals surface area contributed by atoms with E-state index in [1.165, 1.54) is 18.3 Å². The van der Waals surface area contributed by atoms with Crippen LogP contribution in [0, 0.1) is 17.0 Å². The van der Waals surface area contributed by atoms with Gasteiger partial charge in [0.1, 0.15) is 5.75 Å². The van der Waals surface area contributed by atoms with Gasteiger partial charge in [-0.2, -0.15) is 0 Å². The monoisotopic (exact) mass is 375 g/mol. The van der Waals surface area contributed by atoms with Gasteiger partial charge in [-0.25, -0.2) is 0 Å². The van der Waals surface area contributed by atoms with E-state index in [2.05, 4.69) is 10.3 Å². The lowest BCUT2D eigenvalue weighted by atomic mass is 10.1. The minimum absolute atomic E-state index is 0.0946. The van der Waals surface area contributed by atoms with Crippen LogP contribution in [-0.4, -0.2) is 22.2 Å². The molecule has 0 bridgehead atoms. The van der Waals surface area contributed by atoms with Crippen molar-refractivity contribution in [3.05, 3.63) is 56.6 Å². The number of nitro benzene ring substituents is 1. The summed E-state index contributed by atoms with van der Waals surface area (Å²) in [5.41, 5.74) is 1.33. The number of carbonyl (C=O) groups is 1. The highest BCUT2D eigenvalue weighted by Crippen LogP contribution is 2.30. The molecule has 26 heavy (non-hydrogen) atoms. The SMILES string of the molecule is CCCC(=O)Nc1ccc(Cl)c(N=Cc2cc([N+](=O)[O-])cc(C)c2O)c1. The van der Waals surface area contributed by atoms with Gasteiger partial charge in [0.25, 0.3) is 5.69 Å². The maximum Gasteiger partial charge on any atom is 0.270 e. The Labute approximate surface area is 155 Å². The van der Waals surface area contributed by atoms with Gasteiger partial charge in [-0.05, 0) is 37.1 Å². The molecule has 0 radical (unpaired) electrons. The third-order valence-electron chi connectivity index (χ3n) is 3.58. The molecule has 0 atom stereocenters. The Morgan fingerprint density at radius 1 is 1.38 bits per heavy atom. The molecular formula is C18H18ClN3O4. The number of phenolic OH excluding ortho intramolecular Hbond substituents is 1. The van der Waals surface area contributed by atoms with E-state index in [1.54, 1.807) is 25.1 Å². The second-order valence-corrected chi connectivity index (χ2v) is 6.09. The van der Waals surface area contributed by atoms with Crippen molar-refractivity contribution in [2.75, 3.05) is 5.32 Å². The number of halogens is 1. The van der Waals surface area contributed by atoms with Crippen LogP contribution in [0.5, 0.6) is 5.75 Å². The fourth-order valence-corrected chi connectivity index (χ4v) is 2.44. The summed E-state index contributed by atoms with van der Waals surface area (Å²) in [4.78, 5) is 26.3. The molecule has 0 saturated carbocycles. The Kier molecular flexibility index (Phi) is 6.30. The smallest absolute Gasteiger partial charge is 0.270 e. The largest absolute Gasteiger partial charge is 0.507 e. The molecule has 7 nitrogen and oxygen atoms in total. The van der Waals surface area contributed by atoms with E-state index < -0.39 is 4.92 Å². The van der Waals surface area contributed by atoms with Gasteiger partial charge in [0.15, 0.2) is 0 Å². The lowest BCUT2D eigenvalue weighted by Crippen LogP contribution is -2.10. The summed E-state index contributed by atoms with van der Waals surface area (Å²) < 4.78 is 0. The summed E-state index contributed by atoms with van der Waals surface area (Å²) in [6, 6.07) is 7.35. The lowest BCUT2D eigenvalue weighted by molar-refractivity contribution is -0.384. The number of nitrogens with zero attached hydrogens (tertiary/aromatic N) is 2. The normalized spacial score (nSPS) is 10.9. The number of hydrogen-bond acceptors (Lipinski definition) is 5. The van der Waals surface area contributed by atoms with Crippen LogP contribution in [0.4, 0.5) is 17.1 Å². The fourth-order valence-electron chi connectivity index (χ4n) is 2.27. The van der Waals surface area contributed by atoms with Crippen molar-refractivity contribution in [1.29, 1.82) is 0 Å². The number of benzene rings is 2. The van der Waals surface area contributed by atoms with Crippen LogP contribution in [0.1, 0.15) is 30.9 Å². The molecule has 2 N–H and O–H groups in total. The maximum atomic E-state index is 11.7. The summed E-state index contributed by atoms with van der Waals surface area (Å²) in [5.74, 6) is -0.209. The fraction of sp³-hybridized carbons (Fsp3) is 0.222. The van der Waals surface area contributed by atoms with Crippen molar-refractivity contribution in [3.8, 4) is 5.75 Å². The number of aliphatic imine (C=N–C) groups is 1. The summed E-state index contributed by atoms with van der Waals surface area (Å²) in [6.07, 6.45) is 2.44. The first-order valence-electron chi connectivity index (χ1n) is 7.93. The van der Waals surface area contributed by atoms with Crippen molar-refractivity contribution >= 4 is 40.8 Å². The maximum absolute atomic E-state index is 11.7. The summed E-state index contributed by atoms with van der Waals surface area (Å²) >= 11 is 6.12. The second kappa shape index (κ2) is 8.44. The van der Waals surface area contributed by atoms with Crippen LogP contribution >= 0.6 is 11.6 Å². The van der Waals surface area contributed by atoms with Crippen molar-refractivity contribution in [3.63, 3.8) is 0 Å². The van der Waals surface area contributed by atoms with Crippen LogP contribution < -0.4 is 5.32 Å². The first kappa shape index (κ1) is 19.4. The first-order valence-corrected chi connectivity index (χ1v) is 8.31. The number of carbonyl (C=O) groups excluding carboxylic acids is 1. The van der Waals surface area contributed by atoms with Gasteiger partial charge in [-0.1, -0.05) is 18.5 Å². The molecular weight excluding hydrogens is 358 g/mol. The number of phenols is 1. The Balaban J connectivity index is 2.33. The Bertz CT molecular complexity index is 881. The van der Waals surface area contributed by atoms with Crippen LogP contribution in [0.3, 0.4) is 0 Å². The van der Waals surface area contributed by atoms with E-state index in [0.29, 0.717) is 28.4 Å². The van der Waals surface area contributed by atoms with Gasteiger partial charge in [0.2, 0.25) is 5.91 Å². The third kappa shape index (κ3) is 4.80. The van der Waals surface area contributed by atoms with Crippen LogP contribution in [-0.2, 0) is 4.79 Å². The quantitative estimate of drug-likeness (QED) is 0.431. The van der Waals surface area contributed by atoms with Crippen molar-refractivity contribution < 1.29 is 14.8 Å². The summed E-state index contributed by atoms with van der Waals surface area (Å²) in [5, 5.41) is 24.1. The topological polar surface area (TPSA) is 105 Å². The predicted molar refractivity (Wildman–Crippen MR) is 102 cm³/mol. The highest BCUT2D eigenvalue weighted by molar-refractivity contribution is 6.33. The number of aryl methyl sites for hydroxylation is 1. The van der Waals surface area contributed by atoms with E-state index in [1.807, 2.05) is 6.92 Å². The molecule has 2 rings (SSSR count). The molecule has 0 aliphatic heterocycles. The Hall–Kier alpha value is -2.93. The lowest BCUT2D eigenvalue weighted by Gasteiger charge is -2.07. The van der Waals surface area contributed by atoms with Crippen LogP contribution in [0.2, 0.25) is 5.02 Å². The molecule has 2 aromatic carbocycles. The van der Waals surface area contributed by atoms with E-state index >= 15 is 0 Å². The second-order valence-electron chi connectivity index (χ2n) is 5.68. The standard InChI is InChI=1S/C18H18ClN3O4/c1-3-4-17(23)21-13-5-6-15(19)16(9-13)20-10-12-8-14(22(25)26)7-11(2)18(12)24/h5-10,24H,3-4H2,1-2H3,(H,21,23). The molecule has 0 aromatic heterocycles. The number of anilines is 1. The summed E-state index contributed by atoms with van der Waals surface area (Å²) in [7, 11) is 0. The zero-order valence-corrected chi connectivity index (χ0v) is 15.1. The molecule has 8 heteroatoms. The number of aromatic hydroxyl groups is 1. The number of hydrogen-bond donors (Lipinski definition) is 2. The molecule has 0 saturated heterocycles. The molecule has 136 valence electrons. The third-order valence-corrected chi connectivity index (χ3v) is 3.89. The van der Waals surface area contributed by atoms with Gasteiger partial charge >= 0.3 is 0 Å². The van der Waals surface area contributed by atoms with E-state index in [-0.39, 0.29) is 22.9 Å². The number of rotatable bonds is 6. The molecule has 0 heterocycles. The van der Waals surface area contributed by atoms with Gasteiger partial charge in [-0.3, -0.25) is 19.9 Å². The van der Waals surface area contributed by atoms with E-state index in [0.717, 1.165) is 6.42 Å². The van der Waals surface area contributed by atoms with E-state index in [9.17, 15) is 20.0 Å². The molecule has 0 spiro atoms. The Morgan fingerprint density at radius 3 is 2.77 bits per heavy atom. The zero-order chi connectivity index (χ0) is 19.3. The van der Waals surface area contributed by atoms with Gasteiger partial charge in [-0.15, -0.1) is 0 Å². The predicted octanol–water partition coefficient (Wildman–Crippen LogP) is 4.75. The molecule has 1 amide bonds.